The zero-order valence-corrected chi connectivity index (χ0v) is 23.8. The topological polar surface area (TPSA) is 0 Å². The lowest BCUT2D eigenvalue weighted by molar-refractivity contribution is 0.349. The molecule has 0 fully saturated rings. The van der Waals surface area contributed by atoms with Gasteiger partial charge in [0.25, 0.3) is 0 Å². The summed E-state index contributed by atoms with van der Waals surface area (Å²) in [4.78, 5) is 0. The zero-order valence-electron chi connectivity index (χ0n) is 23.8. The van der Waals surface area contributed by atoms with E-state index in [1.807, 2.05) is 0 Å². The molecule has 184 valence electrons. The molecule has 1 aliphatic carbocycles. The van der Waals surface area contributed by atoms with Crippen molar-refractivity contribution in [3.8, 4) is 11.1 Å². The van der Waals surface area contributed by atoms with Crippen molar-refractivity contribution < 1.29 is 0 Å². The van der Waals surface area contributed by atoms with Gasteiger partial charge in [-0.2, -0.15) is 0 Å². The third-order valence-electron chi connectivity index (χ3n) is 9.07. The number of rotatable bonds is 2. The molecule has 4 aromatic rings. The Hall–Kier alpha value is -3.12. The molecule has 0 saturated carbocycles. The minimum atomic E-state index is -0.262. The normalized spacial score (nSPS) is 20.7. The Morgan fingerprint density at radius 2 is 0.694 bits per heavy atom. The van der Waals surface area contributed by atoms with Crippen LogP contribution in [0.15, 0.2) is 60.7 Å². The summed E-state index contributed by atoms with van der Waals surface area (Å²) in [6.07, 6.45) is 0. The van der Waals surface area contributed by atoms with Crippen LogP contribution >= 0.6 is 0 Å². The molecule has 0 spiro atoms. The highest BCUT2D eigenvalue weighted by Gasteiger charge is 2.55. The molecule has 0 N–H and O–H groups in total. The molecule has 0 nitrogen and oxygen atoms in total. The summed E-state index contributed by atoms with van der Waals surface area (Å²) in [7, 11) is 0. The lowest BCUT2D eigenvalue weighted by atomic mass is 9.47. The van der Waals surface area contributed by atoms with Gasteiger partial charge >= 0.3 is 0 Å². The van der Waals surface area contributed by atoms with Crippen LogP contribution in [-0.4, -0.2) is 0 Å². The Morgan fingerprint density at radius 1 is 0.389 bits per heavy atom. The van der Waals surface area contributed by atoms with E-state index in [-0.39, 0.29) is 10.8 Å². The summed E-state index contributed by atoms with van der Waals surface area (Å²) in [6.45, 7) is 23.2. The molecule has 0 heterocycles. The molecule has 5 rings (SSSR count). The smallest absolute Gasteiger partial charge is 0.0321 e. The Bertz CT molecular complexity index is 1370. The van der Waals surface area contributed by atoms with Crippen LogP contribution in [0.4, 0.5) is 0 Å². The largest absolute Gasteiger partial charge is 0.0587 e. The van der Waals surface area contributed by atoms with E-state index in [9.17, 15) is 0 Å². The second-order valence-electron chi connectivity index (χ2n) is 11.9. The fraction of sp³-hybridized carbons (Fsp3) is 0.333. The van der Waals surface area contributed by atoms with Gasteiger partial charge in [-0.3, -0.25) is 0 Å². The molecule has 0 aromatic heterocycles. The fourth-order valence-corrected chi connectivity index (χ4v) is 7.86. The first-order chi connectivity index (χ1) is 16.9. The molecule has 2 unspecified atom stereocenters. The number of aryl methyl sites for hydroxylation is 8. The number of hydrogen-bond acceptors (Lipinski definition) is 0. The second kappa shape index (κ2) is 8.20. The molecule has 0 aliphatic heterocycles. The molecule has 0 amide bonds. The van der Waals surface area contributed by atoms with Crippen molar-refractivity contribution in [2.45, 2.75) is 80.1 Å². The van der Waals surface area contributed by atoms with Crippen LogP contribution in [0, 0.1) is 55.4 Å². The maximum absolute atomic E-state index is 2.53. The SMILES string of the molecule is Cc1cc(C)c(C2(C)c3cc(C)ccc3-c3ccc(C)cc3C2(C)c2c(C)cc(C)cc2C)c(C)c1. The van der Waals surface area contributed by atoms with Crippen molar-refractivity contribution in [2.24, 2.45) is 0 Å². The second-order valence-corrected chi connectivity index (χ2v) is 11.9. The van der Waals surface area contributed by atoms with Crippen LogP contribution < -0.4 is 0 Å². The van der Waals surface area contributed by atoms with Gasteiger partial charge in [0.2, 0.25) is 0 Å². The first-order valence-electron chi connectivity index (χ1n) is 13.3. The van der Waals surface area contributed by atoms with Crippen LogP contribution in [-0.2, 0) is 10.8 Å². The van der Waals surface area contributed by atoms with E-state index in [4.69, 9.17) is 0 Å². The summed E-state index contributed by atoms with van der Waals surface area (Å²) >= 11 is 0. The molecule has 36 heavy (non-hydrogen) atoms. The summed E-state index contributed by atoms with van der Waals surface area (Å²) in [5, 5.41) is 0. The van der Waals surface area contributed by atoms with Gasteiger partial charge in [-0.05, 0) is 111 Å². The van der Waals surface area contributed by atoms with Gasteiger partial charge in [0.05, 0.1) is 0 Å². The third kappa shape index (κ3) is 3.27. The standard InChI is InChI=1S/C36H40/c1-21-11-13-29-30-14-12-22(2)20-32(30)36(10,34-27(7)17-24(4)18-28(34)8)35(9,31(29)19-21)33-25(5)15-23(3)16-26(33)6/h11-20H,1-10H3. The third-order valence-corrected chi connectivity index (χ3v) is 9.07. The van der Waals surface area contributed by atoms with Gasteiger partial charge in [-0.15, -0.1) is 0 Å². The first-order valence-corrected chi connectivity index (χ1v) is 13.3. The average molecular weight is 473 g/mol. The van der Waals surface area contributed by atoms with Crippen molar-refractivity contribution in [3.63, 3.8) is 0 Å². The Labute approximate surface area is 218 Å². The fourth-order valence-electron chi connectivity index (χ4n) is 7.86. The molecule has 2 atom stereocenters. The van der Waals surface area contributed by atoms with Gasteiger partial charge in [-0.1, -0.05) is 96.8 Å². The van der Waals surface area contributed by atoms with E-state index >= 15 is 0 Å². The Kier molecular flexibility index (Phi) is 5.60. The maximum Gasteiger partial charge on any atom is 0.0321 e. The summed E-state index contributed by atoms with van der Waals surface area (Å²) < 4.78 is 0. The highest BCUT2D eigenvalue weighted by Crippen LogP contribution is 2.62. The minimum Gasteiger partial charge on any atom is -0.0587 e. The quantitative estimate of drug-likeness (QED) is 0.272. The van der Waals surface area contributed by atoms with Crippen LogP contribution in [0.3, 0.4) is 0 Å². The predicted molar refractivity (Wildman–Crippen MR) is 156 cm³/mol. The first kappa shape index (κ1) is 24.6. The maximum atomic E-state index is 2.53. The van der Waals surface area contributed by atoms with E-state index < -0.39 is 0 Å². The van der Waals surface area contributed by atoms with Crippen molar-refractivity contribution >= 4 is 0 Å². The molecule has 4 aromatic carbocycles. The van der Waals surface area contributed by atoms with Crippen molar-refractivity contribution in [1.82, 2.24) is 0 Å². The van der Waals surface area contributed by atoms with Gasteiger partial charge in [0.15, 0.2) is 0 Å². The zero-order chi connectivity index (χ0) is 26.2. The average Bonchev–Trinajstić information content (AvgIpc) is 2.76. The van der Waals surface area contributed by atoms with E-state index in [0.29, 0.717) is 0 Å². The minimum absolute atomic E-state index is 0.262. The van der Waals surface area contributed by atoms with Gasteiger partial charge in [0, 0.05) is 10.8 Å². The predicted octanol–water partition coefficient (Wildman–Crippen LogP) is 9.45. The monoisotopic (exact) mass is 472 g/mol. The van der Waals surface area contributed by atoms with Crippen LogP contribution in [0.1, 0.15) is 80.6 Å². The molecule has 1 aliphatic rings. The molecular formula is C36H40. The molecule has 0 radical (unpaired) electrons. The number of benzene rings is 4. The van der Waals surface area contributed by atoms with Gasteiger partial charge < -0.3 is 0 Å². The van der Waals surface area contributed by atoms with E-state index in [1.165, 1.54) is 77.9 Å². The Balaban J connectivity index is 2.06. The van der Waals surface area contributed by atoms with E-state index in [2.05, 4.69) is 130 Å². The highest BCUT2D eigenvalue weighted by molar-refractivity contribution is 5.82. The molecule has 0 bridgehead atoms. The van der Waals surface area contributed by atoms with Crippen molar-refractivity contribution in [3.05, 3.63) is 127 Å². The van der Waals surface area contributed by atoms with Gasteiger partial charge in [0.1, 0.15) is 0 Å². The number of hydrogen-bond donors (Lipinski definition) is 0. The van der Waals surface area contributed by atoms with E-state index in [1.54, 1.807) is 0 Å². The van der Waals surface area contributed by atoms with Crippen molar-refractivity contribution in [1.29, 1.82) is 0 Å². The molecule has 0 heteroatoms. The van der Waals surface area contributed by atoms with Crippen LogP contribution in [0.5, 0.6) is 0 Å². The van der Waals surface area contributed by atoms with Crippen molar-refractivity contribution in [2.75, 3.05) is 0 Å². The van der Waals surface area contributed by atoms with E-state index in [0.717, 1.165) is 0 Å². The number of fused-ring (bicyclic) bond motifs is 3. The van der Waals surface area contributed by atoms with Crippen LogP contribution in [0.2, 0.25) is 0 Å². The summed E-state index contributed by atoms with van der Waals surface area (Å²) in [6, 6.07) is 23.7. The van der Waals surface area contributed by atoms with Gasteiger partial charge in [-0.25, -0.2) is 0 Å². The Morgan fingerprint density at radius 3 is 1.00 bits per heavy atom. The summed E-state index contributed by atoms with van der Waals surface area (Å²) in [5.41, 5.74) is 18.9. The highest BCUT2D eigenvalue weighted by atomic mass is 14.6. The molecule has 0 saturated heterocycles. The summed E-state index contributed by atoms with van der Waals surface area (Å²) in [5.74, 6) is 0. The van der Waals surface area contributed by atoms with Crippen LogP contribution in [0.25, 0.3) is 11.1 Å². The lowest BCUT2D eigenvalue weighted by Crippen LogP contribution is -2.51. The molecular weight excluding hydrogens is 432 g/mol. The lowest BCUT2D eigenvalue weighted by Gasteiger charge is -2.55.